The van der Waals surface area contributed by atoms with E-state index in [9.17, 15) is 0 Å². The molecule has 0 aliphatic rings. The van der Waals surface area contributed by atoms with Crippen LogP contribution in [0.15, 0.2) is 231 Å². The highest BCUT2D eigenvalue weighted by Crippen LogP contribution is 2.44. The number of anilines is 3. The van der Waals surface area contributed by atoms with Crippen molar-refractivity contribution in [1.82, 2.24) is 4.57 Å². The molecule has 0 aliphatic heterocycles. The first-order valence-electron chi connectivity index (χ1n) is 20.1. The predicted molar refractivity (Wildman–Crippen MR) is 253 cm³/mol. The minimum Gasteiger partial charge on any atom is -0.311 e. The Labute approximate surface area is 348 Å². The molecule has 2 nitrogen and oxygen atoms in total. The highest BCUT2D eigenvalue weighted by atomic mass is 32.1. The summed E-state index contributed by atoms with van der Waals surface area (Å²) in [5.41, 5.74) is 16.6. The van der Waals surface area contributed by atoms with Crippen LogP contribution < -0.4 is 4.90 Å². The van der Waals surface area contributed by atoms with Crippen molar-refractivity contribution in [3.63, 3.8) is 0 Å². The van der Waals surface area contributed by atoms with Crippen LogP contribution in [-0.2, 0) is 0 Å². The second kappa shape index (κ2) is 14.8. The van der Waals surface area contributed by atoms with Crippen LogP contribution in [0, 0.1) is 0 Å². The van der Waals surface area contributed by atoms with Gasteiger partial charge in [-0.05, 0) is 111 Å². The van der Waals surface area contributed by atoms with Crippen molar-refractivity contribution in [1.29, 1.82) is 0 Å². The zero-order valence-corrected chi connectivity index (χ0v) is 33.1. The maximum atomic E-state index is 2.45. The first-order chi connectivity index (χ1) is 29.2. The molecule has 11 rings (SSSR count). The molecule has 0 atom stereocenters. The van der Waals surface area contributed by atoms with Crippen molar-refractivity contribution >= 4 is 59.6 Å². The van der Waals surface area contributed by atoms with E-state index in [4.69, 9.17) is 0 Å². The molecule has 0 unspecified atom stereocenters. The molecule has 2 heterocycles. The number of nitrogens with zero attached hydrogens (tertiary/aromatic N) is 2. The van der Waals surface area contributed by atoms with Gasteiger partial charge in [0.25, 0.3) is 0 Å². The molecule has 0 radical (unpaired) electrons. The largest absolute Gasteiger partial charge is 0.311 e. The lowest BCUT2D eigenvalue weighted by atomic mass is 10.0. The van der Waals surface area contributed by atoms with Crippen molar-refractivity contribution < 1.29 is 0 Å². The van der Waals surface area contributed by atoms with Crippen LogP contribution in [0.2, 0.25) is 0 Å². The van der Waals surface area contributed by atoms with Crippen LogP contribution >= 0.6 is 11.3 Å². The van der Waals surface area contributed by atoms with Crippen molar-refractivity contribution in [3.8, 4) is 50.2 Å². The van der Waals surface area contributed by atoms with E-state index in [0.29, 0.717) is 0 Å². The smallest absolute Gasteiger partial charge is 0.0727 e. The Hall–Kier alpha value is -7.46. The maximum Gasteiger partial charge on any atom is 0.0727 e. The number of para-hydroxylation sites is 1. The fourth-order valence-electron chi connectivity index (χ4n) is 8.47. The topological polar surface area (TPSA) is 8.17 Å². The molecule has 0 bridgehead atoms. The monoisotopic (exact) mass is 770 g/mol. The van der Waals surface area contributed by atoms with E-state index < -0.39 is 0 Å². The summed E-state index contributed by atoms with van der Waals surface area (Å²) in [5.74, 6) is 0. The highest BCUT2D eigenvalue weighted by Gasteiger charge is 2.19. The minimum atomic E-state index is 1.10. The Balaban J connectivity index is 0.947. The summed E-state index contributed by atoms with van der Waals surface area (Å²) in [7, 11) is 0. The molecule has 0 N–H and O–H groups in total. The average Bonchev–Trinajstić information content (AvgIpc) is 3.85. The molecule has 59 heavy (non-hydrogen) atoms. The molecule has 0 aliphatic carbocycles. The van der Waals surface area contributed by atoms with Gasteiger partial charge in [-0.1, -0.05) is 164 Å². The lowest BCUT2D eigenvalue weighted by Gasteiger charge is -2.26. The van der Waals surface area contributed by atoms with Gasteiger partial charge in [-0.25, -0.2) is 0 Å². The molecule has 11 aromatic rings. The summed E-state index contributed by atoms with van der Waals surface area (Å²) < 4.78 is 5.09. The van der Waals surface area contributed by atoms with E-state index in [-0.39, 0.29) is 0 Å². The number of hydrogen-bond donors (Lipinski definition) is 0. The number of aromatic nitrogens is 1. The normalized spacial score (nSPS) is 11.4. The molecule has 0 saturated heterocycles. The summed E-state index contributed by atoms with van der Waals surface area (Å²) in [6.07, 6.45) is 0. The molecule has 0 amide bonds. The van der Waals surface area contributed by atoms with Crippen molar-refractivity contribution in [2.75, 3.05) is 4.90 Å². The van der Waals surface area contributed by atoms with Crippen LogP contribution in [0.3, 0.4) is 0 Å². The third kappa shape index (κ3) is 6.39. The van der Waals surface area contributed by atoms with Gasteiger partial charge in [-0.3, -0.25) is 0 Å². The van der Waals surface area contributed by atoms with Crippen LogP contribution in [0.4, 0.5) is 17.1 Å². The Morgan fingerprint density at radius 1 is 0.322 bits per heavy atom. The van der Waals surface area contributed by atoms with E-state index in [1.165, 1.54) is 75.7 Å². The van der Waals surface area contributed by atoms with Gasteiger partial charge in [0.15, 0.2) is 0 Å². The second-order valence-electron chi connectivity index (χ2n) is 15.0. The Morgan fingerprint density at radius 3 is 1.20 bits per heavy atom. The third-order valence-corrected chi connectivity index (χ3v) is 12.6. The number of rotatable bonds is 8. The van der Waals surface area contributed by atoms with Gasteiger partial charge in [-0.15, -0.1) is 11.3 Å². The molecule has 9 aromatic carbocycles. The van der Waals surface area contributed by atoms with E-state index in [0.717, 1.165) is 22.7 Å². The van der Waals surface area contributed by atoms with Crippen LogP contribution in [0.25, 0.3) is 81.4 Å². The van der Waals surface area contributed by atoms with Gasteiger partial charge in [0.1, 0.15) is 0 Å². The van der Waals surface area contributed by atoms with E-state index in [1.54, 1.807) is 0 Å². The summed E-state index contributed by atoms with van der Waals surface area (Å²) in [4.78, 5) is 2.34. The first-order valence-corrected chi connectivity index (χ1v) is 20.9. The first kappa shape index (κ1) is 34.8. The standard InChI is InChI=1S/C56H38N2S/c1-4-12-39(13-5-1)42-20-29-47(30-21-42)57(48-31-22-43(23-32-48)40-14-6-2-7-15-40)49-33-24-44(25-34-49)45-26-35-50(36-27-45)58-53-19-11-10-18-51(53)56-55(58)52-38-46(28-37-54(52)59-56)41-16-8-3-9-17-41/h1-38H. The van der Waals surface area contributed by atoms with Gasteiger partial charge < -0.3 is 9.47 Å². The lowest BCUT2D eigenvalue weighted by molar-refractivity contribution is 1.19. The van der Waals surface area contributed by atoms with Gasteiger partial charge in [0.05, 0.1) is 15.7 Å². The second-order valence-corrected chi connectivity index (χ2v) is 16.0. The molecule has 0 spiro atoms. The number of benzene rings is 9. The lowest BCUT2D eigenvalue weighted by Crippen LogP contribution is -2.09. The SMILES string of the molecule is c1ccc(-c2ccc(N(c3ccc(-c4ccccc4)cc3)c3ccc(-c4ccc(-n5c6ccccc6c6sc7ccc(-c8ccccc8)cc7c65)cc4)cc3)cc2)cc1. The zero-order valence-electron chi connectivity index (χ0n) is 32.2. The van der Waals surface area contributed by atoms with Crippen molar-refractivity contribution in [3.05, 3.63) is 231 Å². The summed E-state index contributed by atoms with van der Waals surface area (Å²) in [6.45, 7) is 0. The number of hydrogen-bond acceptors (Lipinski definition) is 2. The molecule has 0 fully saturated rings. The summed E-state index contributed by atoms with van der Waals surface area (Å²) in [5, 5.41) is 2.58. The van der Waals surface area contributed by atoms with E-state index >= 15 is 0 Å². The van der Waals surface area contributed by atoms with Gasteiger partial charge in [0, 0.05) is 38.2 Å². The molecule has 3 heteroatoms. The quantitative estimate of drug-likeness (QED) is 0.149. The maximum absolute atomic E-state index is 2.45. The van der Waals surface area contributed by atoms with E-state index in [1.807, 2.05) is 11.3 Å². The zero-order chi connectivity index (χ0) is 39.1. The van der Waals surface area contributed by atoms with Crippen molar-refractivity contribution in [2.45, 2.75) is 0 Å². The molecule has 2 aromatic heterocycles. The Kier molecular flexibility index (Phi) is 8.72. The average molecular weight is 771 g/mol. The Morgan fingerprint density at radius 2 is 0.712 bits per heavy atom. The fraction of sp³-hybridized carbons (Fsp3) is 0. The van der Waals surface area contributed by atoms with Crippen LogP contribution in [0.5, 0.6) is 0 Å². The minimum absolute atomic E-state index is 1.10. The molecular formula is C56H38N2S. The number of thiophene rings is 1. The molecule has 278 valence electrons. The molecule has 0 saturated carbocycles. The van der Waals surface area contributed by atoms with Crippen LogP contribution in [-0.4, -0.2) is 4.57 Å². The fourth-order valence-corrected chi connectivity index (χ4v) is 9.67. The summed E-state index contributed by atoms with van der Waals surface area (Å²) in [6, 6.07) is 83.3. The van der Waals surface area contributed by atoms with Crippen molar-refractivity contribution in [2.24, 2.45) is 0 Å². The predicted octanol–water partition coefficient (Wildman–Crippen LogP) is 16.1. The van der Waals surface area contributed by atoms with E-state index in [2.05, 4.69) is 240 Å². The summed E-state index contributed by atoms with van der Waals surface area (Å²) >= 11 is 1.89. The molecular weight excluding hydrogens is 733 g/mol. The highest BCUT2D eigenvalue weighted by molar-refractivity contribution is 7.26. The van der Waals surface area contributed by atoms with Crippen LogP contribution in [0.1, 0.15) is 0 Å². The Bertz CT molecular complexity index is 3120. The van der Waals surface area contributed by atoms with Gasteiger partial charge in [0.2, 0.25) is 0 Å². The van der Waals surface area contributed by atoms with Gasteiger partial charge >= 0.3 is 0 Å². The third-order valence-electron chi connectivity index (χ3n) is 11.4. The van der Waals surface area contributed by atoms with Gasteiger partial charge in [-0.2, -0.15) is 0 Å². The number of fused-ring (bicyclic) bond motifs is 5.